The van der Waals surface area contributed by atoms with E-state index in [4.69, 9.17) is 16.1 Å². The molecule has 122 valence electrons. The molecule has 1 aliphatic heterocycles. The number of aromatic nitrogens is 1. The summed E-state index contributed by atoms with van der Waals surface area (Å²) in [4.78, 5) is 6.59. The molecule has 0 spiro atoms. The van der Waals surface area contributed by atoms with Gasteiger partial charge >= 0.3 is 0 Å². The van der Waals surface area contributed by atoms with Crippen LogP contribution >= 0.6 is 11.6 Å². The lowest BCUT2D eigenvalue weighted by molar-refractivity contribution is 0.410. The summed E-state index contributed by atoms with van der Waals surface area (Å²) < 4.78 is 4.82. The van der Waals surface area contributed by atoms with Crippen molar-refractivity contribution in [3.8, 4) is 0 Å². The molecule has 0 saturated carbocycles. The quantitative estimate of drug-likeness (QED) is 0.663. The zero-order valence-electron chi connectivity index (χ0n) is 13.0. The molecule has 1 saturated heterocycles. The van der Waals surface area contributed by atoms with E-state index in [0.717, 1.165) is 41.9 Å². The van der Waals surface area contributed by atoms with E-state index in [1.54, 1.807) is 13.3 Å². The standard InChI is InChI=1S/C16H20ClN5O/c1-18-16(19-10-13-6-8-23-21-13)20-14-5-7-22(11-14)15-4-2-3-12(17)9-15/h2-4,6,8-9,14H,5,7,10-11H2,1H3,(H2,18,19,20). The van der Waals surface area contributed by atoms with E-state index < -0.39 is 0 Å². The Balaban J connectivity index is 1.52. The Kier molecular flexibility index (Phi) is 5.02. The van der Waals surface area contributed by atoms with Gasteiger partial charge in [0.1, 0.15) is 12.0 Å². The Bertz CT molecular complexity index is 658. The van der Waals surface area contributed by atoms with Gasteiger partial charge < -0.3 is 20.1 Å². The molecule has 0 radical (unpaired) electrons. The molecular weight excluding hydrogens is 314 g/mol. The van der Waals surface area contributed by atoms with Crippen molar-refractivity contribution in [3.63, 3.8) is 0 Å². The highest BCUT2D eigenvalue weighted by Gasteiger charge is 2.23. The van der Waals surface area contributed by atoms with Crippen LogP contribution in [0.5, 0.6) is 0 Å². The van der Waals surface area contributed by atoms with Crippen molar-refractivity contribution >= 4 is 23.2 Å². The first-order chi connectivity index (χ1) is 11.2. The summed E-state index contributed by atoms with van der Waals surface area (Å²) in [6.45, 7) is 2.50. The number of benzene rings is 1. The molecule has 1 fully saturated rings. The van der Waals surface area contributed by atoms with Crippen LogP contribution in [-0.2, 0) is 6.54 Å². The fraction of sp³-hybridized carbons (Fsp3) is 0.375. The number of anilines is 1. The van der Waals surface area contributed by atoms with E-state index in [2.05, 4.69) is 31.7 Å². The van der Waals surface area contributed by atoms with Gasteiger partial charge in [-0.3, -0.25) is 4.99 Å². The summed E-state index contributed by atoms with van der Waals surface area (Å²) in [7, 11) is 1.77. The Morgan fingerprint density at radius 1 is 1.48 bits per heavy atom. The smallest absolute Gasteiger partial charge is 0.191 e. The molecule has 1 aliphatic rings. The number of rotatable bonds is 4. The molecule has 1 aromatic heterocycles. The van der Waals surface area contributed by atoms with Gasteiger partial charge in [-0.2, -0.15) is 0 Å². The van der Waals surface area contributed by atoms with E-state index in [9.17, 15) is 0 Å². The van der Waals surface area contributed by atoms with Crippen molar-refractivity contribution in [3.05, 3.63) is 47.3 Å². The van der Waals surface area contributed by atoms with E-state index in [1.165, 1.54) is 0 Å². The summed E-state index contributed by atoms with van der Waals surface area (Å²) in [5.74, 6) is 0.769. The number of nitrogens with one attached hydrogen (secondary N) is 2. The third kappa shape index (κ3) is 4.16. The maximum Gasteiger partial charge on any atom is 0.191 e. The molecule has 6 nitrogen and oxygen atoms in total. The van der Waals surface area contributed by atoms with Gasteiger partial charge in [0.25, 0.3) is 0 Å². The van der Waals surface area contributed by atoms with Crippen LogP contribution in [0.2, 0.25) is 5.02 Å². The minimum atomic E-state index is 0.345. The van der Waals surface area contributed by atoms with Gasteiger partial charge in [-0.05, 0) is 24.6 Å². The highest BCUT2D eigenvalue weighted by atomic mass is 35.5. The van der Waals surface area contributed by atoms with Crippen LogP contribution in [0, 0.1) is 0 Å². The zero-order chi connectivity index (χ0) is 16.1. The van der Waals surface area contributed by atoms with Gasteiger partial charge in [0, 0.05) is 43.0 Å². The first-order valence-electron chi connectivity index (χ1n) is 7.61. The Morgan fingerprint density at radius 3 is 3.13 bits per heavy atom. The third-order valence-electron chi connectivity index (χ3n) is 3.85. The second-order valence-electron chi connectivity index (χ2n) is 5.47. The van der Waals surface area contributed by atoms with Crippen LogP contribution in [0.1, 0.15) is 12.1 Å². The first kappa shape index (κ1) is 15.7. The highest BCUT2D eigenvalue weighted by molar-refractivity contribution is 6.30. The topological polar surface area (TPSA) is 65.7 Å². The van der Waals surface area contributed by atoms with Crippen molar-refractivity contribution in [1.82, 2.24) is 15.8 Å². The second kappa shape index (κ2) is 7.37. The lowest BCUT2D eigenvalue weighted by Crippen LogP contribution is -2.44. The molecule has 0 bridgehead atoms. The Labute approximate surface area is 140 Å². The summed E-state index contributed by atoms with van der Waals surface area (Å²) in [6, 6.07) is 10.1. The average molecular weight is 334 g/mol. The maximum atomic E-state index is 6.07. The van der Waals surface area contributed by atoms with Crippen LogP contribution in [0.3, 0.4) is 0 Å². The largest absolute Gasteiger partial charge is 0.369 e. The van der Waals surface area contributed by atoms with Gasteiger partial charge in [-0.25, -0.2) is 0 Å². The highest BCUT2D eigenvalue weighted by Crippen LogP contribution is 2.23. The van der Waals surface area contributed by atoms with Crippen LogP contribution < -0.4 is 15.5 Å². The third-order valence-corrected chi connectivity index (χ3v) is 4.09. The normalized spacial score (nSPS) is 18.3. The van der Waals surface area contributed by atoms with E-state index in [0.29, 0.717) is 12.6 Å². The summed E-state index contributed by atoms with van der Waals surface area (Å²) in [6.07, 6.45) is 2.62. The first-order valence-corrected chi connectivity index (χ1v) is 7.99. The number of aliphatic imine (C=N–C) groups is 1. The average Bonchev–Trinajstić information content (AvgIpc) is 3.23. The van der Waals surface area contributed by atoms with Gasteiger partial charge in [0.2, 0.25) is 0 Å². The monoisotopic (exact) mass is 333 g/mol. The molecule has 1 atom stereocenters. The Morgan fingerprint density at radius 2 is 2.39 bits per heavy atom. The van der Waals surface area contributed by atoms with Crippen molar-refractivity contribution < 1.29 is 4.52 Å². The molecule has 2 heterocycles. The molecular formula is C16H20ClN5O. The number of guanidine groups is 1. The van der Waals surface area contributed by atoms with Gasteiger partial charge in [0.05, 0.1) is 6.54 Å². The molecule has 1 aromatic carbocycles. The molecule has 3 rings (SSSR count). The predicted molar refractivity (Wildman–Crippen MR) is 91.9 cm³/mol. The number of hydrogen-bond donors (Lipinski definition) is 2. The number of halogens is 1. The molecule has 2 aromatic rings. The van der Waals surface area contributed by atoms with Crippen LogP contribution in [0.15, 0.2) is 46.1 Å². The zero-order valence-corrected chi connectivity index (χ0v) is 13.8. The van der Waals surface area contributed by atoms with Gasteiger partial charge in [0.15, 0.2) is 5.96 Å². The van der Waals surface area contributed by atoms with Crippen molar-refractivity contribution in [2.75, 3.05) is 25.0 Å². The summed E-state index contributed by atoms with van der Waals surface area (Å²) in [5.41, 5.74) is 2.01. The van der Waals surface area contributed by atoms with Crippen LogP contribution in [0.25, 0.3) is 0 Å². The predicted octanol–water partition coefficient (Wildman–Crippen LogP) is 2.27. The molecule has 7 heteroatoms. The maximum absolute atomic E-state index is 6.07. The minimum Gasteiger partial charge on any atom is -0.369 e. The van der Waals surface area contributed by atoms with E-state index >= 15 is 0 Å². The lowest BCUT2D eigenvalue weighted by atomic mass is 10.2. The molecule has 1 unspecified atom stereocenters. The van der Waals surface area contributed by atoms with Crippen molar-refractivity contribution in [1.29, 1.82) is 0 Å². The summed E-state index contributed by atoms with van der Waals surface area (Å²) in [5, 5.41) is 11.3. The Hall–Kier alpha value is -2.21. The molecule has 0 amide bonds. The number of nitrogens with zero attached hydrogens (tertiary/aromatic N) is 3. The lowest BCUT2D eigenvalue weighted by Gasteiger charge is -2.20. The van der Waals surface area contributed by atoms with Crippen LogP contribution in [0.4, 0.5) is 5.69 Å². The SMILES string of the molecule is CN=C(NCc1ccon1)NC1CCN(c2cccc(Cl)c2)C1. The van der Waals surface area contributed by atoms with E-state index in [-0.39, 0.29) is 0 Å². The fourth-order valence-corrected chi connectivity index (χ4v) is 2.86. The van der Waals surface area contributed by atoms with Gasteiger partial charge in [-0.15, -0.1) is 0 Å². The van der Waals surface area contributed by atoms with E-state index in [1.807, 2.05) is 24.3 Å². The second-order valence-corrected chi connectivity index (χ2v) is 5.91. The fourth-order valence-electron chi connectivity index (χ4n) is 2.68. The summed E-state index contributed by atoms with van der Waals surface area (Å²) >= 11 is 6.07. The van der Waals surface area contributed by atoms with Crippen molar-refractivity contribution in [2.45, 2.75) is 19.0 Å². The van der Waals surface area contributed by atoms with Crippen LogP contribution in [-0.4, -0.2) is 37.3 Å². The van der Waals surface area contributed by atoms with Crippen molar-refractivity contribution in [2.24, 2.45) is 4.99 Å². The number of hydrogen-bond acceptors (Lipinski definition) is 4. The van der Waals surface area contributed by atoms with Gasteiger partial charge in [-0.1, -0.05) is 22.8 Å². The molecule has 23 heavy (non-hydrogen) atoms. The molecule has 0 aliphatic carbocycles. The minimum absolute atomic E-state index is 0.345. The molecule has 2 N–H and O–H groups in total.